The first kappa shape index (κ1) is 25.0. The van der Waals surface area contributed by atoms with Crippen LogP contribution in [0.15, 0.2) is 66.7 Å². The van der Waals surface area contributed by atoms with Crippen LogP contribution in [0, 0.1) is 5.92 Å². The summed E-state index contributed by atoms with van der Waals surface area (Å²) in [6.45, 7) is 4.39. The zero-order valence-corrected chi connectivity index (χ0v) is 21.7. The lowest BCUT2D eigenvalue weighted by atomic mass is 9.87. The van der Waals surface area contributed by atoms with Crippen LogP contribution >= 0.6 is 0 Å². The lowest BCUT2D eigenvalue weighted by Crippen LogP contribution is -2.47. The van der Waals surface area contributed by atoms with Crippen LogP contribution in [0.3, 0.4) is 0 Å². The Morgan fingerprint density at radius 3 is 2.57 bits per heavy atom. The Balaban J connectivity index is 1.40. The second kappa shape index (κ2) is 10.0. The van der Waals surface area contributed by atoms with E-state index in [2.05, 4.69) is 29.6 Å². The minimum atomic E-state index is -1.44. The molecule has 1 heterocycles. The molecule has 0 aromatic heterocycles. The molecule has 37 heavy (non-hydrogen) atoms. The molecule has 6 nitrogen and oxygen atoms in total. The third-order valence-electron chi connectivity index (χ3n) is 7.51. The normalized spacial score (nSPS) is 18.6. The van der Waals surface area contributed by atoms with E-state index in [1.54, 1.807) is 12.0 Å². The Kier molecular flexibility index (Phi) is 6.78. The number of fused-ring (bicyclic) bond motifs is 1. The summed E-state index contributed by atoms with van der Waals surface area (Å²) in [6, 6.07) is 22.3. The van der Waals surface area contributed by atoms with Crippen molar-refractivity contribution >= 4 is 11.8 Å². The highest BCUT2D eigenvalue weighted by Gasteiger charge is 2.43. The number of nitrogens with one attached hydrogen (secondary N) is 1. The zero-order chi connectivity index (χ0) is 26.2. The molecule has 2 amide bonds. The van der Waals surface area contributed by atoms with Crippen molar-refractivity contribution in [3.05, 3.63) is 89.0 Å². The monoisotopic (exact) mass is 498 g/mol. The summed E-state index contributed by atoms with van der Waals surface area (Å²) in [7, 11) is 1.66. The quantitative estimate of drug-likeness (QED) is 0.505. The van der Waals surface area contributed by atoms with Gasteiger partial charge < -0.3 is 20.1 Å². The van der Waals surface area contributed by atoms with Crippen molar-refractivity contribution in [2.75, 3.05) is 13.7 Å². The average Bonchev–Trinajstić information content (AvgIpc) is 3.72. The molecule has 0 bridgehead atoms. The molecule has 2 N–H and O–H groups in total. The van der Waals surface area contributed by atoms with Gasteiger partial charge in [0.15, 0.2) is 0 Å². The number of carbonyl (C=O) groups is 2. The topological polar surface area (TPSA) is 78.9 Å². The molecule has 0 spiro atoms. The van der Waals surface area contributed by atoms with E-state index in [1.807, 2.05) is 42.5 Å². The van der Waals surface area contributed by atoms with E-state index in [0.29, 0.717) is 26.1 Å². The lowest BCUT2D eigenvalue weighted by Gasteiger charge is -2.35. The van der Waals surface area contributed by atoms with Crippen molar-refractivity contribution in [1.29, 1.82) is 0 Å². The summed E-state index contributed by atoms with van der Waals surface area (Å²) < 4.78 is 5.44. The van der Waals surface area contributed by atoms with Gasteiger partial charge >= 0.3 is 0 Å². The van der Waals surface area contributed by atoms with Crippen molar-refractivity contribution in [2.24, 2.45) is 5.92 Å². The highest BCUT2D eigenvalue weighted by atomic mass is 16.5. The number of methoxy groups -OCH3 is 1. The first-order chi connectivity index (χ1) is 17.8. The zero-order valence-electron chi connectivity index (χ0n) is 21.7. The SMILES string of the molecule is COc1cccc(-c2ccc(CNC(=O)[C@H]3C[C@@H]3c3ccccc3)c3c2CCN(C(=O)C(C)(C)O)C3)c1. The van der Waals surface area contributed by atoms with Crippen LogP contribution in [0.4, 0.5) is 0 Å². The average molecular weight is 499 g/mol. The number of aliphatic hydroxyl groups is 1. The number of hydrogen-bond acceptors (Lipinski definition) is 4. The van der Waals surface area contributed by atoms with Gasteiger partial charge in [0.2, 0.25) is 5.91 Å². The molecule has 2 atom stereocenters. The van der Waals surface area contributed by atoms with E-state index in [-0.39, 0.29) is 23.7 Å². The highest BCUT2D eigenvalue weighted by molar-refractivity contribution is 5.85. The van der Waals surface area contributed by atoms with Gasteiger partial charge in [-0.1, -0.05) is 54.6 Å². The van der Waals surface area contributed by atoms with Crippen LogP contribution in [0.1, 0.15) is 48.4 Å². The third-order valence-corrected chi connectivity index (χ3v) is 7.51. The van der Waals surface area contributed by atoms with Crippen LogP contribution in [0.2, 0.25) is 0 Å². The fourth-order valence-electron chi connectivity index (χ4n) is 5.39. The predicted octanol–water partition coefficient (Wildman–Crippen LogP) is 4.44. The van der Waals surface area contributed by atoms with Gasteiger partial charge in [-0.15, -0.1) is 0 Å². The van der Waals surface area contributed by atoms with Crippen LogP contribution < -0.4 is 10.1 Å². The second-order valence-electron chi connectivity index (χ2n) is 10.6. The Morgan fingerprint density at radius 2 is 1.84 bits per heavy atom. The lowest BCUT2D eigenvalue weighted by molar-refractivity contribution is -0.148. The molecule has 1 saturated carbocycles. The molecule has 0 unspecified atom stereocenters. The van der Waals surface area contributed by atoms with Crippen molar-refractivity contribution in [2.45, 2.75) is 51.3 Å². The van der Waals surface area contributed by atoms with Crippen LogP contribution in [-0.2, 0) is 29.1 Å². The van der Waals surface area contributed by atoms with Gasteiger partial charge in [-0.3, -0.25) is 9.59 Å². The van der Waals surface area contributed by atoms with Gasteiger partial charge in [-0.2, -0.15) is 0 Å². The molecule has 0 saturated heterocycles. The van der Waals surface area contributed by atoms with E-state index in [9.17, 15) is 14.7 Å². The van der Waals surface area contributed by atoms with Gasteiger partial charge in [0.05, 0.1) is 7.11 Å². The summed E-state index contributed by atoms with van der Waals surface area (Å²) in [5, 5.41) is 13.5. The summed E-state index contributed by atoms with van der Waals surface area (Å²) >= 11 is 0. The molecule has 0 radical (unpaired) electrons. The van der Waals surface area contributed by atoms with Crippen molar-refractivity contribution < 1.29 is 19.4 Å². The number of amides is 2. The molecule has 5 rings (SSSR count). The van der Waals surface area contributed by atoms with E-state index in [1.165, 1.54) is 25.0 Å². The molecule has 3 aromatic carbocycles. The van der Waals surface area contributed by atoms with Crippen molar-refractivity contribution in [3.63, 3.8) is 0 Å². The van der Waals surface area contributed by atoms with E-state index in [0.717, 1.165) is 34.4 Å². The van der Waals surface area contributed by atoms with Gasteiger partial charge in [0.25, 0.3) is 5.91 Å². The number of nitrogens with zero attached hydrogens (tertiary/aromatic N) is 1. The molecule has 1 fully saturated rings. The standard InChI is InChI=1S/C31H34N2O4/c1-31(2,36)30(35)33-15-14-25-24(21-10-7-11-23(16-21)37-3)13-12-22(28(25)19-33)18-32-29(34)27-17-26(27)20-8-5-4-6-9-20/h4-13,16,26-27,36H,14-15,17-19H2,1-3H3,(H,32,34)/t26-,27+/m1/s1. The molecule has 192 valence electrons. The minimum Gasteiger partial charge on any atom is -0.497 e. The van der Waals surface area contributed by atoms with Gasteiger partial charge in [0, 0.05) is 25.6 Å². The molecule has 3 aromatic rings. The first-order valence-electron chi connectivity index (χ1n) is 12.9. The summed E-state index contributed by atoms with van der Waals surface area (Å²) in [6.07, 6.45) is 1.54. The molecule has 6 heteroatoms. The van der Waals surface area contributed by atoms with E-state index < -0.39 is 5.60 Å². The summed E-state index contributed by atoms with van der Waals surface area (Å²) in [5.74, 6) is 0.853. The largest absolute Gasteiger partial charge is 0.497 e. The molecular formula is C31H34N2O4. The highest BCUT2D eigenvalue weighted by Crippen LogP contribution is 2.47. The second-order valence-corrected chi connectivity index (χ2v) is 10.6. The maximum absolute atomic E-state index is 13.0. The van der Waals surface area contributed by atoms with Crippen molar-refractivity contribution in [1.82, 2.24) is 10.2 Å². The molecular weight excluding hydrogens is 464 g/mol. The maximum Gasteiger partial charge on any atom is 0.254 e. The fourth-order valence-corrected chi connectivity index (χ4v) is 5.39. The number of carbonyl (C=O) groups excluding carboxylic acids is 2. The Hall–Kier alpha value is -3.64. The van der Waals surface area contributed by atoms with Gasteiger partial charge in [-0.25, -0.2) is 0 Å². The van der Waals surface area contributed by atoms with Gasteiger partial charge in [-0.05, 0) is 78.1 Å². The number of hydrogen-bond donors (Lipinski definition) is 2. The van der Waals surface area contributed by atoms with Crippen molar-refractivity contribution in [3.8, 4) is 16.9 Å². The van der Waals surface area contributed by atoms with Gasteiger partial charge in [0.1, 0.15) is 11.4 Å². The summed E-state index contributed by atoms with van der Waals surface area (Å²) in [4.78, 5) is 27.6. The molecule has 1 aliphatic carbocycles. The number of rotatable bonds is 7. The molecule has 1 aliphatic heterocycles. The van der Waals surface area contributed by atoms with E-state index >= 15 is 0 Å². The number of benzene rings is 3. The Labute approximate surface area is 218 Å². The summed E-state index contributed by atoms with van der Waals surface area (Å²) in [5.41, 5.74) is 5.15. The smallest absolute Gasteiger partial charge is 0.254 e. The van der Waals surface area contributed by atoms with E-state index in [4.69, 9.17) is 4.74 Å². The van der Waals surface area contributed by atoms with Crippen LogP contribution in [0.5, 0.6) is 5.75 Å². The Morgan fingerprint density at radius 1 is 1.05 bits per heavy atom. The Bertz CT molecular complexity index is 1310. The predicted molar refractivity (Wildman–Crippen MR) is 143 cm³/mol. The third kappa shape index (κ3) is 5.25. The molecule has 2 aliphatic rings. The minimum absolute atomic E-state index is 0.00236. The maximum atomic E-state index is 13.0. The van der Waals surface area contributed by atoms with Crippen LogP contribution in [0.25, 0.3) is 11.1 Å². The number of ether oxygens (including phenoxy) is 1. The fraction of sp³-hybridized carbons (Fsp3) is 0.355. The van der Waals surface area contributed by atoms with Crippen LogP contribution in [-0.4, -0.2) is 41.1 Å². The first-order valence-corrected chi connectivity index (χ1v) is 12.9.